The summed E-state index contributed by atoms with van der Waals surface area (Å²) in [5.41, 5.74) is 2.31. The molecule has 1 atom stereocenters. The van der Waals surface area contributed by atoms with Gasteiger partial charge >= 0.3 is 0 Å². The van der Waals surface area contributed by atoms with Gasteiger partial charge in [-0.2, -0.15) is 0 Å². The van der Waals surface area contributed by atoms with Crippen LogP contribution < -0.4 is 4.74 Å². The smallest absolute Gasteiger partial charge is 0.239 e. The van der Waals surface area contributed by atoms with Crippen molar-refractivity contribution in [2.24, 2.45) is 0 Å². The zero-order chi connectivity index (χ0) is 18.7. The van der Waals surface area contributed by atoms with E-state index in [-0.39, 0.29) is 0 Å². The molecule has 1 aromatic carbocycles. The lowest BCUT2D eigenvalue weighted by Crippen LogP contribution is -2.33. The Hall–Kier alpha value is -1.27. The number of aliphatic hydroxyl groups excluding tert-OH is 1. The second-order valence-corrected chi connectivity index (χ2v) is 7.56. The largest absolute Gasteiger partial charge is 0.475 e. The predicted molar refractivity (Wildman–Crippen MR) is 105 cm³/mol. The van der Waals surface area contributed by atoms with Crippen LogP contribution in [0.25, 0.3) is 5.69 Å². The molecule has 1 fully saturated rings. The number of hydrogen-bond donors (Lipinski definition) is 1. The van der Waals surface area contributed by atoms with Gasteiger partial charge in [-0.1, -0.05) is 29.6 Å². The molecule has 0 bridgehead atoms. The van der Waals surface area contributed by atoms with Crippen molar-refractivity contribution in [2.45, 2.75) is 39.2 Å². The fourth-order valence-corrected chi connectivity index (χ4v) is 3.69. The predicted octanol–water partition coefficient (Wildman–Crippen LogP) is 4.41. The Kier molecular flexibility index (Phi) is 6.46. The Morgan fingerprint density at radius 1 is 1.19 bits per heavy atom. The van der Waals surface area contributed by atoms with Crippen LogP contribution in [-0.4, -0.2) is 46.0 Å². The monoisotopic (exact) mass is 397 g/mol. The average Bonchev–Trinajstić information content (AvgIpc) is 2.95. The van der Waals surface area contributed by atoms with Crippen LogP contribution in [0.4, 0.5) is 0 Å². The van der Waals surface area contributed by atoms with Crippen LogP contribution in [0.1, 0.15) is 43.5 Å². The normalized spacial score (nSPS) is 16.7. The van der Waals surface area contributed by atoms with Crippen LogP contribution in [0, 0.1) is 6.92 Å². The lowest BCUT2D eigenvalue weighted by Gasteiger charge is -2.26. The molecule has 1 aliphatic heterocycles. The number of aliphatic hydroxyl groups is 1. The maximum Gasteiger partial charge on any atom is 0.239 e. The number of benzene rings is 1. The van der Waals surface area contributed by atoms with Gasteiger partial charge in [-0.05, 0) is 58.0 Å². The standard InChI is InChI=1S/C19H25Cl2N3O2/c1-13-18(14(2)25)19(26-11-10-23-8-4-3-5-9-23)22-24(13)15-6-7-16(20)17(21)12-15/h6-7,12,14,25H,3-5,8-11H2,1-2H3. The molecule has 1 saturated heterocycles. The van der Waals surface area contributed by atoms with Gasteiger partial charge in [0.1, 0.15) is 6.61 Å². The molecular formula is C19H25Cl2N3O2. The molecule has 0 saturated carbocycles. The van der Waals surface area contributed by atoms with Crippen molar-refractivity contribution in [3.63, 3.8) is 0 Å². The van der Waals surface area contributed by atoms with Crippen LogP contribution in [0.15, 0.2) is 18.2 Å². The van der Waals surface area contributed by atoms with Crippen LogP contribution in [0.3, 0.4) is 0 Å². The van der Waals surface area contributed by atoms with E-state index in [1.807, 2.05) is 13.0 Å². The summed E-state index contributed by atoms with van der Waals surface area (Å²) in [6.07, 6.45) is 3.15. The van der Waals surface area contributed by atoms with Crippen molar-refractivity contribution in [1.82, 2.24) is 14.7 Å². The molecule has 0 spiro atoms. The first-order valence-corrected chi connectivity index (χ1v) is 9.81. The Balaban J connectivity index is 1.79. The maximum absolute atomic E-state index is 10.2. The number of likely N-dealkylation sites (tertiary alicyclic amines) is 1. The first-order valence-electron chi connectivity index (χ1n) is 9.05. The quantitative estimate of drug-likeness (QED) is 0.784. The van der Waals surface area contributed by atoms with Crippen molar-refractivity contribution in [2.75, 3.05) is 26.2 Å². The number of hydrogen-bond acceptors (Lipinski definition) is 4. The lowest BCUT2D eigenvalue weighted by atomic mass is 10.1. The number of halogens is 2. The summed E-state index contributed by atoms with van der Waals surface area (Å²) >= 11 is 12.1. The van der Waals surface area contributed by atoms with Gasteiger partial charge in [0.25, 0.3) is 0 Å². The maximum atomic E-state index is 10.2. The van der Waals surface area contributed by atoms with E-state index in [4.69, 9.17) is 27.9 Å². The highest BCUT2D eigenvalue weighted by Gasteiger charge is 2.21. The van der Waals surface area contributed by atoms with Crippen molar-refractivity contribution in [1.29, 1.82) is 0 Å². The zero-order valence-corrected chi connectivity index (χ0v) is 16.7. The molecule has 0 amide bonds. The van der Waals surface area contributed by atoms with E-state index in [9.17, 15) is 5.11 Å². The van der Waals surface area contributed by atoms with Gasteiger partial charge in [0.2, 0.25) is 5.88 Å². The number of nitrogens with zero attached hydrogens (tertiary/aromatic N) is 3. The summed E-state index contributed by atoms with van der Waals surface area (Å²) in [6, 6.07) is 5.34. The molecule has 1 aromatic heterocycles. The van der Waals surface area contributed by atoms with Crippen LogP contribution >= 0.6 is 23.2 Å². The highest BCUT2D eigenvalue weighted by molar-refractivity contribution is 6.42. The van der Waals surface area contributed by atoms with Gasteiger partial charge in [-0.15, -0.1) is 5.10 Å². The molecule has 5 nitrogen and oxygen atoms in total. The Morgan fingerprint density at radius 2 is 1.92 bits per heavy atom. The summed E-state index contributed by atoms with van der Waals surface area (Å²) in [6.45, 7) is 7.32. The minimum Gasteiger partial charge on any atom is -0.475 e. The Morgan fingerprint density at radius 3 is 2.58 bits per heavy atom. The number of piperidine rings is 1. The van der Waals surface area contributed by atoms with Crippen molar-refractivity contribution in [3.05, 3.63) is 39.5 Å². The topological polar surface area (TPSA) is 50.5 Å². The van der Waals surface area contributed by atoms with E-state index in [2.05, 4.69) is 10.00 Å². The minimum atomic E-state index is -0.670. The average molecular weight is 398 g/mol. The molecule has 1 N–H and O–H groups in total. The van der Waals surface area contributed by atoms with Crippen LogP contribution in [-0.2, 0) is 0 Å². The Labute approximate surface area is 164 Å². The van der Waals surface area contributed by atoms with Crippen molar-refractivity contribution in [3.8, 4) is 11.6 Å². The minimum absolute atomic E-state index is 0.463. The highest BCUT2D eigenvalue weighted by atomic mass is 35.5. The van der Waals surface area contributed by atoms with Gasteiger partial charge in [0.15, 0.2) is 0 Å². The summed E-state index contributed by atoms with van der Waals surface area (Å²) in [7, 11) is 0. The van der Waals surface area contributed by atoms with Crippen molar-refractivity contribution >= 4 is 23.2 Å². The van der Waals surface area contributed by atoms with Crippen LogP contribution in [0.5, 0.6) is 5.88 Å². The summed E-state index contributed by atoms with van der Waals surface area (Å²) in [4.78, 5) is 2.41. The SMILES string of the molecule is Cc1c(C(C)O)c(OCCN2CCCCC2)nn1-c1ccc(Cl)c(Cl)c1. The second kappa shape index (κ2) is 8.61. The molecule has 7 heteroatoms. The van der Waals surface area contributed by atoms with Crippen molar-refractivity contribution < 1.29 is 9.84 Å². The fourth-order valence-electron chi connectivity index (χ4n) is 3.40. The molecule has 1 unspecified atom stereocenters. The molecule has 1 aliphatic rings. The zero-order valence-electron chi connectivity index (χ0n) is 15.2. The molecule has 2 aromatic rings. The Bertz CT molecular complexity index is 755. The highest BCUT2D eigenvalue weighted by Crippen LogP contribution is 2.31. The first-order chi connectivity index (χ1) is 12.5. The van der Waals surface area contributed by atoms with Gasteiger partial charge in [0, 0.05) is 6.54 Å². The molecule has 26 heavy (non-hydrogen) atoms. The number of rotatable bonds is 6. The van der Waals surface area contributed by atoms with E-state index in [1.54, 1.807) is 23.7 Å². The van der Waals surface area contributed by atoms with Crippen LogP contribution in [0.2, 0.25) is 10.0 Å². The molecular weight excluding hydrogens is 373 g/mol. The molecule has 0 radical (unpaired) electrons. The fraction of sp³-hybridized carbons (Fsp3) is 0.526. The molecule has 3 rings (SSSR count). The summed E-state index contributed by atoms with van der Waals surface area (Å²) in [5, 5.41) is 15.7. The van der Waals surface area contributed by atoms with Gasteiger partial charge < -0.3 is 9.84 Å². The van der Waals surface area contributed by atoms with Gasteiger partial charge in [-0.3, -0.25) is 4.90 Å². The lowest BCUT2D eigenvalue weighted by molar-refractivity contribution is 0.168. The third kappa shape index (κ3) is 4.34. The third-order valence-electron chi connectivity index (χ3n) is 4.79. The van der Waals surface area contributed by atoms with E-state index in [0.717, 1.165) is 31.0 Å². The number of aromatic nitrogens is 2. The molecule has 142 valence electrons. The summed E-state index contributed by atoms with van der Waals surface area (Å²) in [5.74, 6) is 0.473. The van der Waals surface area contributed by atoms with E-state index >= 15 is 0 Å². The first kappa shape index (κ1) is 19.5. The van der Waals surface area contributed by atoms with E-state index in [0.29, 0.717) is 28.1 Å². The second-order valence-electron chi connectivity index (χ2n) is 6.74. The van der Waals surface area contributed by atoms with E-state index in [1.165, 1.54) is 19.3 Å². The summed E-state index contributed by atoms with van der Waals surface area (Å²) < 4.78 is 7.68. The molecule has 0 aliphatic carbocycles. The van der Waals surface area contributed by atoms with Gasteiger partial charge in [-0.25, -0.2) is 4.68 Å². The third-order valence-corrected chi connectivity index (χ3v) is 5.53. The van der Waals surface area contributed by atoms with Gasteiger partial charge in [0.05, 0.1) is 33.1 Å². The number of ether oxygens (including phenoxy) is 1. The van der Waals surface area contributed by atoms with E-state index < -0.39 is 6.10 Å². The molecule has 2 heterocycles.